The zero-order valence-electron chi connectivity index (χ0n) is 29.4. The van der Waals surface area contributed by atoms with Crippen molar-refractivity contribution in [3.05, 3.63) is 12.2 Å². The molecule has 0 spiro atoms. The average Bonchev–Trinajstić information content (AvgIpc) is 3.40. The van der Waals surface area contributed by atoms with Crippen molar-refractivity contribution in [1.82, 2.24) is 10.4 Å². The molecule has 1 aliphatic heterocycles. The molecule has 0 radical (unpaired) electrons. The summed E-state index contributed by atoms with van der Waals surface area (Å²) < 4.78 is 5.90. The highest BCUT2D eigenvalue weighted by Gasteiger charge is 2.72. The molecule has 254 valence electrons. The Morgan fingerprint density at radius 1 is 0.911 bits per heavy atom. The fourth-order valence-electron chi connectivity index (χ4n) is 13.4. The van der Waals surface area contributed by atoms with E-state index in [4.69, 9.17) is 9.57 Å². The van der Waals surface area contributed by atoms with Crippen LogP contribution in [0.4, 0.5) is 0 Å². The molecule has 9 unspecified atom stereocenters. The molecular weight excluding hydrogens is 564 g/mol. The molecule has 0 aromatic heterocycles. The third-order valence-corrected chi connectivity index (χ3v) is 15.9. The van der Waals surface area contributed by atoms with E-state index in [2.05, 4.69) is 53.4 Å². The highest BCUT2D eigenvalue weighted by Crippen LogP contribution is 2.77. The molecule has 6 aliphatic rings. The topological polar surface area (TPSA) is 88.1 Å². The van der Waals surface area contributed by atoms with Crippen LogP contribution >= 0.6 is 0 Å². The van der Waals surface area contributed by atoms with E-state index in [0.717, 1.165) is 70.8 Å². The second kappa shape index (κ2) is 11.6. The first-order valence-electron chi connectivity index (χ1n) is 18.3. The van der Waals surface area contributed by atoms with E-state index in [1.807, 2.05) is 0 Å². The Morgan fingerprint density at radius 3 is 2.31 bits per heavy atom. The molecule has 11 atom stereocenters. The van der Waals surface area contributed by atoms with Gasteiger partial charge in [-0.2, -0.15) is 5.06 Å². The molecule has 6 fully saturated rings. The van der Waals surface area contributed by atoms with E-state index in [1.54, 1.807) is 12.2 Å². The van der Waals surface area contributed by atoms with Gasteiger partial charge in [-0.25, -0.2) is 0 Å². The number of ether oxygens (including phenoxy) is 1. The maximum atomic E-state index is 13.4. The average molecular weight is 627 g/mol. The number of hydrogen-bond acceptors (Lipinski definition) is 5. The minimum Gasteiger partial charge on any atom is -0.481 e. The number of nitrogens with zero attached hydrogens (tertiary/aromatic N) is 1. The summed E-state index contributed by atoms with van der Waals surface area (Å²) >= 11 is 0. The number of carbonyl (C=O) groups is 2. The second-order valence-corrected chi connectivity index (χ2v) is 17.7. The van der Waals surface area contributed by atoms with Crippen LogP contribution in [0.25, 0.3) is 0 Å². The van der Waals surface area contributed by atoms with Crippen molar-refractivity contribution in [1.29, 1.82) is 0 Å². The van der Waals surface area contributed by atoms with E-state index < -0.39 is 11.4 Å². The SMILES string of the molecule is C=C(C)C1CCC2(C(=O)O)CC[C@]3(C)C(CCC4C5(C)CCC(NC(=O)CN(OC)[C@H]6CCCCO6)C(C)(C)C5CCC43C)C12. The molecular formula is C38H62N2O5. The van der Waals surface area contributed by atoms with Gasteiger partial charge in [0.05, 0.1) is 12.5 Å². The zero-order valence-corrected chi connectivity index (χ0v) is 29.4. The first-order chi connectivity index (χ1) is 21.2. The number of hydrogen-bond donors (Lipinski definition) is 2. The molecule has 0 bridgehead atoms. The van der Waals surface area contributed by atoms with Crippen LogP contribution in [0.15, 0.2) is 12.2 Å². The summed E-state index contributed by atoms with van der Waals surface area (Å²) in [5.74, 6) is 1.58. The Kier molecular flexibility index (Phi) is 8.64. The van der Waals surface area contributed by atoms with Gasteiger partial charge in [0, 0.05) is 12.6 Å². The Bertz CT molecular complexity index is 1180. The third kappa shape index (κ3) is 4.90. The first-order valence-corrected chi connectivity index (χ1v) is 18.3. The summed E-state index contributed by atoms with van der Waals surface area (Å²) in [7, 11) is 1.63. The van der Waals surface area contributed by atoms with E-state index in [1.165, 1.54) is 24.8 Å². The predicted molar refractivity (Wildman–Crippen MR) is 176 cm³/mol. The fourth-order valence-corrected chi connectivity index (χ4v) is 13.4. The van der Waals surface area contributed by atoms with Gasteiger partial charge in [0.25, 0.3) is 0 Å². The number of carboxylic acid groups (broad SMARTS) is 1. The molecule has 0 aromatic rings. The van der Waals surface area contributed by atoms with Crippen LogP contribution in [-0.4, -0.2) is 54.6 Å². The molecule has 45 heavy (non-hydrogen) atoms. The highest BCUT2D eigenvalue weighted by atomic mass is 16.7. The number of hydroxylamine groups is 2. The molecule has 5 saturated carbocycles. The lowest BCUT2D eigenvalue weighted by Crippen LogP contribution is -2.68. The number of rotatable bonds is 7. The molecule has 2 N–H and O–H groups in total. The largest absolute Gasteiger partial charge is 0.481 e. The van der Waals surface area contributed by atoms with Gasteiger partial charge < -0.3 is 15.2 Å². The number of allylic oxidation sites excluding steroid dienone is 1. The summed E-state index contributed by atoms with van der Waals surface area (Å²) in [6, 6.07) is 0.131. The molecule has 5 aliphatic carbocycles. The number of carbonyl (C=O) groups excluding carboxylic acids is 1. The number of amides is 1. The van der Waals surface area contributed by atoms with E-state index in [-0.39, 0.29) is 52.3 Å². The van der Waals surface area contributed by atoms with Crippen molar-refractivity contribution >= 4 is 11.9 Å². The lowest BCUT2D eigenvalue weighted by atomic mass is 9.32. The molecule has 7 nitrogen and oxygen atoms in total. The second-order valence-electron chi connectivity index (χ2n) is 17.7. The Hall–Kier alpha value is -1.44. The van der Waals surface area contributed by atoms with E-state index >= 15 is 0 Å². The van der Waals surface area contributed by atoms with Gasteiger partial charge in [0.2, 0.25) is 5.91 Å². The lowest BCUT2D eigenvalue weighted by molar-refractivity contribution is -0.246. The molecule has 7 heteroatoms. The summed E-state index contributed by atoms with van der Waals surface area (Å²) in [5.41, 5.74) is 1.10. The molecule has 0 aromatic carbocycles. The van der Waals surface area contributed by atoms with Crippen molar-refractivity contribution in [2.45, 2.75) is 137 Å². The lowest BCUT2D eigenvalue weighted by Gasteiger charge is -2.73. The van der Waals surface area contributed by atoms with Gasteiger partial charge >= 0.3 is 5.97 Å². The van der Waals surface area contributed by atoms with Gasteiger partial charge in [0.1, 0.15) is 12.8 Å². The van der Waals surface area contributed by atoms with Crippen molar-refractivity contribution in [2.24, 2.45) is 56.7 Å². The van der Waals surface area contributed by atoms with Crippen molar-refractivity contribution in [2.75, 3.05) is 20.3 Å². The minimum absolute atomic E-state index is 0.0223. The van der Waals surface area contributed by atoms with Crippen molar-refractivity contribution in [3.8, 4) is 0 Å². The van der Waals surface area contributed by atoms with Gasteiger partial charge in [-0.15, -0.1) is 0 Å². The number of nitrogens with one attached hydrogen (secondary N) is 1. The minimum atomic E-state index is -0.572. The van der Waals surface area contributed by atoms with Crippen LogP contribution in [0.5, 0.6) is 0 Å². The molecule has 6 rings (SSSR count). The summed E-state index contributed by atoms with van der Waals surface area (Å²) in [5, 5.41) is 15.8. The first kappa shape index (κ1) is 33.5. The van der Waals surface area contributed by atoms with Gasteiger partial charge in [-0.1, -0.05) is 46.8 Å². The van der Waals surface area contributed by atoms with Gasteiger partial charge in [0.15, 0.2) is 0 Å². The number of carboxylic acids is 1. The quantitative estimate of drug-likeness (QED) is 0.224. The van der Waals surface area contributed by atoms with Crippen molar-refractivity contribution < 1.29 is 24.3 Å². The smallest absolute Gasteiger partial charge is 0.309 e. The van der Waals surface area contributed by atoms with Crippen LogP contribution in [0.1, 0.15) is 125 Å². The van der Waals surface area contributed by atoms with Crippen molar-refractivity contribution in [3.63, 3.8) is 0 Å². The van der Waals surface area contributed by atoms with Crippen LogP contribution in [-0.2, 0) is 19.2 Å². The summed E-state index contributed by atoms with van der Waals surface area (Å²) in [4.78, 5) is 32.0. The number of aliphatic carboxylic acids is 1. The Morgan fingerprint density at radius 2 is 1.67 bits per heavy atom. The maximum Gasteiger partial charge on any atom is 0.309 e. The zero-order chi connectivity index (χ0) is 32.6. The highest BCUT2D eigenvalue weighted by molar-refractivity contribution is 5.78. The molecule has 1 amide bonds. The van der Waals surface area contributed by atoms with Gasteiger partial charge in [-0.05, 0) is 142 Å². The van der Waals surface area contributed by atoms with Crippen LogP contribution < -0.4 is 5.32 Å². The van der Waals surface area contributed by atoms with E-state index in [9.17, 15) is 14.7 Å². The summed E-state index contributed by atoms with van der Waals surface area (Å²) in [6.07, 6.45) is 13.3. The van der Waals surface area contributed by atoms with Gasteiger partial charge in [-0.3, -0.25) is 14.4 Å². The third-order valence-electron chi connectivity index (χ3n) is 15.9. The maximum absolute atomic E-state index is 13.4. The van der Waals surface area contributed by atoms with Crippen LogP contribution in [0.3, 0.4) is 0 Å². The van der Waals surface area contributed by atoms with E-state index in [0.29, 0.717) is 23.7 Å². The molecule has 1 heterocycles. The van der Waals surface area contributed by atoms with Crippen LogP contribution in [0, 0.1) is 56.7 Å². The standard InChI is InChI=1S/C38H62N2O5/c1-24(2)25-14-19-38(33(42)43)21-20-36(6)26(32(25)38)12-13-28-35(5)17-16-29(34(3,4)27(35)15-18-37(28,36)7)39-30(41)23-40(44-8)31-11-9-10-22-45-31/h25-29,31-32H,1,9-23H2,2-8H3,(H,39,41)(H,42,43)/t25?,26?,27?,28?,29?,31-,32?,35?,36-,37?,38?/m1/s1. The Balaban J connectivity index is 1.21. The Labute approximate surface area is 272 Å². The number of fused-ring (bicyclic) bond motifs is 7. The van der Waals surface area contributed by atoms with Crippen LogP contribution in [0.2, 0.25) is 0 Å². The monoisotopic (exact) mass is 626 g/mol. The summed E-state index contributed by atoms with van der Waals surface area (Å²) in [6.45, 7) is 20.0. The predicted octanol–water partition coefficient (Wildman–Crippen LogP) is 7.60. The fraction of sp³-hybridized carbons (Fsp3) is 0.895. The molecule has 1 saturated heterocycles. The normalized spacial score (nSPS) is 47.2.